The number of hydroxylamine groups is 1. The van der Waals surface area contributed by atoms with Gasteiger partial charge in [0.05, 0.1) is 30.3 Å². The van der Waals surface area contributed by atoms with Gasteiger partial charge in [0.15, 0.2) is 0 Å². The molecule has 4 N–H and O–H groups in total. The van der Waals surface area contributed by atoms with Gasteiger partial charge in [-0.1, -0.05) is 38.1 Å². The second-order valence-corrected chi connectivity index (χ2v) is 13.6. The highest BCUT2D eigenvalue weighted by atomic mass is 19.1. The number of benzene rings is 2. The molecule has 7 nitrogen and oxygen atoms in total. The molecular formula is C36H54FN2O5+. The van der Waals surface area contributed by atoms with Crippen LogP contribution in [0.3, 0.4) is 0 Å². The van der Waals surface area contributed by atoms with E-state index in [9.17, 15) is 14.4 Å². The molecule has 44 heavy (non-hydrogen) atoms. The fraction of sp³-hybridized carbons (Fsp3) is 0.528. The monoisotopic (exact) mass is 613 g/mol. The number of allylic oxidation sites excluding steroid dienone is 2. The SMILES string of the molecule is C/C(CC(=O)OC(C)C)=C(\C(=C(\C)[NH2+]O)c1ccc(OCCc2ccc(F)cc2)cc1)N1CCC(C)(C)CC1.CC(C)(C)O. The highest BCUT2D eigenvalue weighted by Gasteiger charge is 2.30. The summed E-state index contributed by atoms with van der Waals surface area (Å²) in [6, 6.07) is 14.3. The molecule has 0 aromatic heterocycles. The molecule has 244 valence electrons. The molecule has 1 saturated heterocycles. The van der Waals surface area contributed by atoms with Crippen molar-refractivity contribution in [2.45, 2.75) is 99.7 Å². The highest BCUT2D eigenvalue weighted by molar-refractivity contribution is 5.82. The summed E-state index contributed by atoms with van der Waals surface area (Å²) in [5.41, 5.74) is 6.34. The minimum atomic E-state index is -0.500. The molecule has 0 amide bonds. The Morgan fingerprint density at radius 3 is 2.07 bits per heavy atom. The fourth-order valence-electron chi connectivity index (χ4n) is 4.85. The summed E-state index contributed by atoms with van der Waals surface area (Å²) in [5, 5.41) is 18.6. The lowest BCUT2D eigenvalue weighted by molar-refractivity contribution is -0.850. The Kier molecular flexibility index (Phi) is 14.1. The second kappa shape index (κ2) is 16.8. The van der Waals surface area contributed by atoms with Crippen molar-refractivity contribution < 1.29 is 34.5 Å². The average molecular weight is 614 g/mol. The zero-order valence-electron chi connectivity index (χ0n) is 28.2. The molecule has 8 heteroatoms. The minimum Gasteiger partial charge on any atom is -0.493 e. The van der Waals surface area contributed by atoms with Crippen molar-refractivity contribution in [1.29, 1.82) is 0 Å². The van der Waals surface area contributed by atoms with Crippen LogP contribution < -0.4 is 10.2 Å². The van der Waals surface area contributed by atoms with Gasteiger partial charge in [-0.3, -0.25) is 4.79 Å². The number of aliphatic hydroxyl groups is 1. The van der Waals surface area contributed by atoms with Gasteiger partial charge in [-0.15, -0.1) is 0 Å². The number of carbonyl (C=O) groups excluding carboxylic acids is 1. The molecule has 2 aromatic rings. The van der Waals surface area contributed by atoms with E-state index in [0.29, 0.717) is 13.0 Å². The van der Waals surface area contributed by atoms with Gasteiger partial charge >= 0.3 is 5.97 Å². The van der Waals surface area contributed by atoms with Crippen LogP contribution in [0, 0.1) is 11.2 Å². The van der Waals surface area contributed by atoms with Crippen LogP contribution in [-0.4, -0.2) is 52.6 Å². The molecule has 0 atom stereocenters. The molecule has 0 saturated carbocycles. The van der Waals surface area contributed by atoms with E-state index >= 15 is 0 Å². The van der Waals surface area contributed by atoms with E-state index in [1.165, 1.54) is 12.1 Å². The van der Waals surface area contributed by atoms with Gasteiger partial charge in [0.25, 0.3) is 0 Å². The molecule has 1 heterocycles. The van der Waals surface area contributed by atoms with Crippen LogP contribution in [0.15, 0.2) is 65.5 Å². The van der Waals surface area contributed by atoms with Crippen molar-refractivity contribution in [2.24, 2.45) is 5.41 Å². The summed E-state index contributed by atoms with van der Waals surface area (Å²) in [6.07, 6.45) is 2.75. The van der Waals surface area contributed by atoms with Crippen LogP contribution in [0.1, 0.15) is 92.7 Å². The van der Waals surface area contributed by atoms with Crippen LogP contribution in [0.25, 0.3) is 5.57 Å². The van der Waals surface area contributed by atoms with Gasteiger partial charge in [-0.05, 0) is 101 Å². The van der Waals surface area contributed by atoms with E-state index in [1.54, 1.807) is 32.9 Å². The smallest absolute Gasteiger partial charge is 0.310 e. The van der Waals surface area contributed by atoms with Crippen molar-refractivity contribution in [3.05, 3.63) is 82.4 Å². The van der Waals surface area contributed by atoms with Crippen molar-refractivity contribution in [3.63, 3.8) is 0 Å². The van der Waals surface area contributed by atoms with Crippen LogP contribution >= 0.6 is 0 Å². The quantitative estimate of drug-likeness (QED) is 0.149. The van der Waals surface area contributed by atoms with Gasteiger partial charge in [-0.2, -0.15) is 5.48 Å². The number of nitrogens with zero attached hydrogens (tertiary/aromatic N) is 1. The topological polar surface area (TPSA) is 95.8 Å². The number of nitrogens with two attached hydrogens (primary N) is 1. The Morgan fingerprint density at radius 2 is 1.57 bits per heavy atom. The molecule has 3 rings (SSSR count). The highest BCUT2D eigenvalue weighted by Crippen LogP contribution is 2.38. The number of piperidine rings is 1. The third-order valence-electron chi connectivity index (χ3n) is 7.15. The summed E-state index contributed by atoms with van der Waals surface area (Å²) in [7, 11) is 0. The number of halogens is 1. The lowest BCUT2D eigenvalue weighted by Gasteiger charge is -2.40. The summed E-state index contributed by atoms with van der Waals surface area (Å²) in [5.74, 6) is 0.226. The molecule has 1 fully saturated rings. The first-order chi connectivity index (χ1) is 20.5. The zero-order valence-corrected chi connectivity index (χ0v) is 28.2. The second-order valence-electron chi connectivity index (χ2n) is 13.6. The molecule has 0 bridgehead atoms. The number of ether oxygens (including phenoxy) is 2. The number of likely N-dealkylation sites (tertiary alicyclic amines) is 1. The predicted octanol–water partition coefficient (Wildman–Crippen LogP) is 6.65. The Balaban J connectivity index is 0.00000125. The number of hydrogen-bond donors (Lipinski definition) is 3. The first-order valence-corrected chi connectivity index (χ1v) is 15.5. The standard InChI is InChI=1S/C32H43FN2O4.C4H10O/c1-22(2)39-29(36)21-23(3)31(35-18-16-32(5,6)17-19-35)30(24(4)34-37)26-9-13-28(14-10-26)38-20-15-25-7-11-27(33)12-8-25;1-4(2,3)5/h7-14,22,34,37H,15-21H2,1-6H3;5H,1-3H3/p+1/b30-24-,31-23-;. The van der Waals surface area contributed by atoms with Gasteiger partial charge in [0.2, 0.25) is 0 Å². The number of esters is 1. The Hall–Kier alpha value is -3.20. The Bertz CT molecular complexity index is 1240. The first kappa shape index (κ1) is 37.0. The van der Waals surface area contributed by atoms with E-state index in [0.717, 1.165) is 70.8 Å². The largest absolute Gasteiger partial charge is 0.493 e. The summed E-state index contributed by atoms with van der Waals surface area (Å²) in [6.45, 7) is 19.6. The van der Waals surface area contributed by atoms with Gasteiger partial charge in [0, 0.05) is 32.1 Å². The molecular weight excluding hydrogens is 559 g/mol. The first-order valence-electron chi connectivity index (χ1n) is 15.5. The lowest BCUT2D eigenvalue weighted by Crippen LogP contribution is -2.78. The average Bonchev–Trinajstić information content (AvgIpc) is 2.92. The van der Waals surface area contributed by atoms with Gasteiger partial charge in [-0.25, -0.2) is 9.60 Å². The fourth-order valence-corrected chi connectivity index (χ4v) is 4.85. The van der Waals surface area contributed by atoms with E-state index in [1.807, 2.05) is 52.0 Å². The molecule has 1 aliphatic rings. The van der Waals surface area contributed by atoms with E-state index < -0.39 is 5.60 Å². The maximum Gasteiger partial charge on any atom is 0.310 e. The van der Waals surface area contributed by atoms with Crippen LogP contribution in [0.5, 0.6) is 5.75 Å². The number of rotatable bonds is 11. The maximum atomic E-state index is 13.1. The minimum absolute atomic E-state index is 0.178. The van der Waals surface area contributed by atoms with E-state index in [-0.39, 0.29) is 29.7 Å². The molecule has 1 aliphatic heterocycles. The Morgan fingerprint density at radius 1 is 1.02 bits per heavy atom. The van der Waals surface area contributed by atoms with Gasteiger partial charge < -0.3 is 19.5 Å². The van der Waals surface area contributed by atoms with E-state index in [2.05, 4.69) is 18.7 Å². The van der Waals surface area contributed by atoms with Crippen LogP contribution in [0.4, 0.5) is 4.39 Å². The summed E-state index contributed by atoms with van der Waals surface area (Å²) >= 11 is 0. The lowest BCUT2D eigenvalue weighted by atomic mass is 9.81. The van der Waals surface area contributed by atoms with Crippen LogP contribution in [0.2, 0.25) is 0 Å². The third-order valence-corrected chi connectivity index (χ3v) is 7.15. The number of hydrogen-bond acceptors (Lipinski definition) is 6. The van der Waals surface area contributed by atoms with Crippen molar-refractivity contribution >= 4 is 11.5 Å². The molecule has 0 unspecified atom stereocenters. The number of carbonyl (C=O) groups is 1. The van der Waals surface area contributed by atoms with Crippen molar-refractivity contribution in [1.82, 2.24) is 4.90 Å². The predicted molar refractivity (Wildman–Crippen MR) is 173 cm³/mol. The van der Waals surface area contributed by atoms with Gasteiger partial charge in [0.1, 0.15) is 17.3 Å². The molecule has 0 aliphatic carbocycles. The third kappa shape index (κ3) is 13.2. The van der Waals surface area contributed by atoms with Crippen LogP contribution in [-0.2, 0) is 16.0 Å². The normalized spacial score (nSPS) is 16.0. The number of quaternary nitrogens is 1. The van der Waals surface area contributed by atoms with Crippen molar-refractivity contribution in [2.75, 3.05) is 19.7 Å². The Labute approximate surface area is 263 Å². The summed E-state index contributed by atoms with van der Waals surface area (Å²) < 4.78 is 24.6. The molecule has 0 radical (unpaired) electrons. The zero-order chi connectivity index (χ0) is 33.1. The summed E-state index contributed by atoms with van der Waals surface area (Å²) in [4.78, 5) is 15.0. The van der Waals surface area contributed by atoms with Crippen molar-refractivity contribution in [3.8, 4) is 5.75 Å². The maximum absolute atomic E-state index is 13.1. The molecule has 2 aromatic carbocycles. The molecule has 0 spiro atoms. The van der Waals surface area contributed by atoms with E-state index in [4.69, 9.17) is 14.6 Å².